The molecule has 0 radical (unpaired) electrons. The standard InChI is InChI=1S/C21H29N/c1-3-5-6-7-8-10-18-11-14-20(15-12-18)21-16-13-19(9-4-2)17-22-21/h11-17H,3-10H2,1-2H3. The third-order valence-corrected chi connectivity index (χ3v) is 4.18. The van der Waals surface area contributed by atoms with Gasteiger partial charge in [-0.3, -0.25) is 4.98 Å². The van der Waals surface area contributed by atoms with Crippen molar-refractivity contribution in [3.8, 4) is 11.3 Å². The van der Waals surface area contributed by atoms with Gasteiger partial charge < -0.3 is 0 Å². The molecule has 0 N–H and O–H groups in total. The molecule has 0 bridgehead atoms. The lowest BCUT2D eigenvalue weighted by atomic mass is 10.0. The second kappa shape index (κ2) is 9.40. The second-order valence-electron chi connectivity index (χ2n) is 6.16. The Bertz CT molecular complexity index is 525. The maximum Gasteiger partial charge on any atom is 0.0702 e. The molecule has 0 aliphatic carbocycles. The fourth-order valence-corrected chi connectivity index (χ4v) is 2.81. The Morgan fingerprint density at radius 1 is 0.682 bits per heavy atom. The van der Waals surface area contributed by atoms with Gasteiger partial charge in [-0.1, -0.05) is 76.3 Å². The second-order valence-corrected chi connectivity index (χ2v) is 6.16. The van der Waals surface area contributed by atoms with Crippen LogP contribution in [-0.2, 0) is 12.8 Å². The molecule has 2 rings (SSSR count). The quantitative estimate of drug-likeness (QED) is 0.501. The van der Waals surface area contributed by atoms with E-state index in [2.05, 4.69) is 55.2 Å². The molecule has 0 amide bonds. The first-order valence-electron chi connectivity index (χ1n) is 8.87. The topological polar surface area (TPSA) is 12.9 Å². The van der Waals surface area contributed by atoms with Gasteiger partial charge in [0.15, 0.2) is 0 Å². The van der Waals surface area contributed by atoms with Gasteiger partial charge in [0, 0.05) is 11.8 Å². The van der Waals surface area contributed by atoms with Crippen molar-refractivity contribution in [3.63, 3.8) is 0 Å². The smallest absolute Gasteiger partial charge is 0.0702 e. The van der Waals surface area contributed by atoms with Gasteiger partial charge in [0.2, 0.25) is 0 Å². The van der Waals surface area contributed by atoms with E-state index >= 15 is 0 Å². The van der Waals surface area contributed by atoms with E-state index in [0.29, 0.717) is 0 Å². The number of pyridine rings is 1. The minimum Gasteiger partial charge on any atom is -0.256 e. The van der Waals surface area contributed by atoms with Crippen molar-refractivity contribution in [3.05, 3.63) is 53.7 Å². The number of nitrogens with zero attached hydrogens (tertiary/aromatic N) is 1. The maximum absolute atomic E-state index is 4.59. The highest BCUT2D eigenvalue weighted by molar-refractivity contribution is 5.59. The van der Waals surface area contributed by atoms with E-state index < -0.39 is 0 Å². The minimum atomic E-state index is 1.08. The first-order chi connectivity index (χ1) is 10.8. The van der Waals surface area contributed by atoms with Crippen molar-refractivity contribution >= 4 is 0 Å². The van der Waals surface area contributed by atoms with E-state index in [9.17, 15) is 0 Å². The van der Waals surface area contributed by atoms with Gasteiger partial charge in [0.25, 0.3) is 0 Å². The molecular weight excluding hydrogens is 266 g/mol. The molecule has 2 aromatic rings. The molecule has 0 atom stereocenters. The molecule has 0 aliphatic heterocycles. The predicted molar refractivity (Wildman–Crippen MR) is 96.1 cm³/mol. The predicted octanol–water partition coefficient (Wildman–Crippen LogP) is 6.21. The Hall–Kier alpha value is -1.63. The van der Waals surface area contributed by atoms with Crippen LogP contribution in [0, 0.1) is 0 Å². The van der Waals surface area contributed by atoms with E-state index in [1.54, 1.807) is 0 Å². The average molecular weight is 295 g/mol. The van der Waals surface area contributed by atoms with Gasteiger partial charge in [-0.05, 0) is 36.5 Å². The summed E-state index contributed by atoms with van der Waals surface area (Å²) < 4.78 is 0. The van der Waals surface area contributed by atoms with Gasteiger partial charge in [0.1, 0.15) is 0 Å². The number of aromatic nitrogens is 1. The fourth-order valence-electron chi connectivity index (χ4n) is 2.81. The van der Waals surface area contributed by atoms with Gasteiger partial charge in [-0.25, -0.2) is 0 Å². The first-order valence-corrected chi connectivity index (χ1v) is 8.87. The zero-order valence-electron chi connectivity index (χ0n) is 14.1. The zero-order valence-corrected chi connectivity index (χ0v) is 14.1. The van der Waals surface area contributed by atoms with Crippen LogP contribution in [0.5, 0.6) is 0 Å². The third-order valence-electron chi connectivity index (χ3n) is 4.18. The van der Waals surface area contributed by atoms with Crippen molar-refractivity contribution in [2.45, 2.75) is 65.2 Å². The molecule has 0 unspecified atom stereocenters. The molecule has 0 spiro atoms. The SMILES string of the molecule is CCCCCCCc1ccc(-c2ccc(CCC)cn2)cc1. The summed E-state index contributed by atoms with van der Waals surface area (Å²) in [5.74, 6) is 0. The molecule has 1 aromatic heterocycles. The summed E-state index contributed by atoms with van der Waals surface area (Å²) >= 11 is 0. The molecule has 1 heterocycles. The number of rotatable bonds is 9. The molecule has 1 heteroatoms. The van der Waals surface area contributed by atoms with Crippen LogP contribution in [0.3, 0.4) is 0 Å². The molecule has 1 nitrogen and oxygen atoms in total. The van der Waals surface area contributed by atoms with Crippen molar-refractivity contribution in [2.75, 3.05) is 0 Å². The van der Waals surface area contributed by atoms with E-state index in [1.807, 2.05) is 6.20 Å². The first kappa shape index (κ1) is 16.7. The summed E-state index contributed by atoms with van der Waals surface area (Å²) in [5.41, 5.74) is 5.07. The highest BCUT2D eigenvalue weighted by atomic mass is 14.7. The highest BCUT2D eigenvalue weighted by Crippen LogP contribution is 2.19. The van der Waals surface area contributed by atoms with Crippen LogP contribution in [0.1, 0.15) is 63.5 Å². The number of unbranched alkanes of at least 4 members (excludes halogenated alkanes) is 4. The Morgan fingerprint density at radius 2 is 1.41 bits per heavy atom. The lowest BCUT2D eigenvalue weighted by Crippen LogP contribution is -1.89. The van der Waals surface area contributed by atoms with Crippen molar-refractivity contribution in [2.24, 2.45) is 0 Å². The Kier molecular flexibility index (Phi) is 7.15. The summed E-state index contributed by atoms with van der Waals surface area (Å²) in [5, 5.41) is 0. The number of aryl methyl sites for hydroxylation is 2. The molecule has 118 valence electrons. The monoisotopic (exact) mass is 295 g/mol. The van der Waals surface area contributed by atoms with E-state index in [4.69, 9.17) is 0 Å². The summed E-state index contributed by atoms with van der Waals surface area (Å²) in [6, 6.07) is 13.3. The summed E-state index contributed by atoms with van der Waals surface area (Å²) in [7, 11) is 0. The molecule has 0 saturated carbocycles. The van der Waals surface area contributed by atoms with E-state index in [-0.39, 0.29) is 0 Å². The number of hydrogen-bond donors (Lipinski definition) is 0. The highest BCUT2D eigenvalue weighted by Gasteiger charge is 2.01. The Balaban J connectivity index is 1.88. The lowest BCUT2D eigenvalue weighted by Gasteiger charge is -2.05. The largest absolute Gasteiger partial charge is 0.256 e. The van der Waals surface area contributed by atoms with Crippen molar-refractivity contribution < 1.29 is 0 Å². The normalized spacial score (nSPS) is 10.8. The van der Waals surface area contributed by atoms with Gasteiger partial charge in [-0.2, -0.15) is 0 Å². The Morgan fingerprint density at radius 3 is 2.05 bits per heavy atom. The Labute approximate surface area is 135 Å². The minimum absolute atomic E-state index is 1.08. The molecule has 0 aliphatic rings. The van der Waals surface area contributed by atoms with E-state index in [0.717, 1.165) is 12.1 Å². The fraction of sp³-hybridized carbons (Fsp3) is 0.476. The lowest BCUT2D eigenvalue weighted by molar-refractivity contribution is 0.632. The number of hydrogen-bond acceptors (Lipinski definition) is 1. The van der Waals surface area contributed by atoms with Gasteiger partial charge in [0.05, 0.1) is 5.69 Å². The van der Waals surface area contributed by atoms with Crippen molar-refractivity contribution in [1.82, 2.24) is 4.98 Å². The van der Waals surface area contributed by atoms with E-state index in [1.165, 1.54) is 61.6 Å². The molecule has 22 heavy (non-hydrogen) atoms. The molecular formula is C21H29N. The van der Waals surface area contributed by atoms with Crippen LogP contribution in [0.15, 0.2) is 42.6 Å². The van der Waals surface area contributed by atoms with Crippen LogP contribution in [0.2, 0.25) is 0 Å². The van der Waals surface area contributed by atoms with Crippen LogP contribution in [-0.4, -0.2) is 4.98 Å². The van der Waals surface area contributed by atoms with Crippen LogP contribution in [0.4, 0.5) is 0 Å². The molecule has 0 fully saturated rings. The van der Waals surface area contributed by atoms with Crippen molar-refractivity contribution in [1.29, 1.82) is 0 Å². The summed E-state index contributed by atoms with van der Waals surface area (Å²) in [6.07, 6.45) is 12.2. The third kappa shape index (κ3) is 5.29. The summed E-state index contributed by atoms with van der Waals surface area (Å²) in [6.45, 7) is 4.47. The van der Waals surface area contributed by atoms with Crippen LogP contribution >= 0.6 is 0 Å². The maximum atomic E-state index is 4.59. The zero-order chi connectivity index (χ0) is 15.6. The number of benzene rings is 1. The summed E-state index contributed by atoms with van der Waals surface area (Å²) in [4.78, 5) is 4.59. The molecule has 1 aromatic carbocycles. The molecule has 0 saturated heterocycles. The van der Waals surface area contributed by atoms with Crippen LogP contribution in [0.25, 0.3) is 11.3 Å². The van der Waals surface area contributed by atoms with Gasteiger partial charge >= 0.3 is 0 Å². The average Bonchev–Trinajstić information content (AvgIpc) is 2.56. The van der Waals surface area contributed by atoms with Crippen LogP contribution < -0.4 is 0 Å². The van der Waals surface area contributed by atoms with Gasteiger partial charge in [-0.15, -0.1) is 0 Å².